The smallest absolute Gasteiger partial charge is 0.319 e. The van der Waals surface area contributed by atoms with Crippen molar-refractivity contribution in [2.24, 2.45) is 0 Å². The van der Waals surface area contributed by atoms with Crippen molar-refractivity contribution in [3.63, 3.8) is 0 Å². The lowest BCUT2D eigenvalue weighted by atomic mass is 9.88. The van der Waals surface area contributed by atoms with Crippen LogP contribution in [0.25, 0.3) is 0 Å². The second-order valence-corrected chi connectivity index (χ2v) is 6.71. The summed E-state index contributed by atoms with van der Waals surface area (Å²) in [6, 6.07) is 10.8. The Morgan fingerprint density at radius 1 is 1.21 bits per heavy atom. The predicted molar refractivity (Wildman–Crippen MR) is 96.8 cm³/mol. The summed E-state index contributed by atoms with van der Waals surface area (Å²) in [6.45, 7) is 0.348. The maximum absolute atomic E-state index is 12.2. The molecule has 0 fully saturated rings. The number of aryl methyl sites for hydroxylation is 1. The van der Waals surface area contributed by atoms with E-state index in [1.165, 1.54) is 5.56 Å². The van der Waals surface area contributed by atoms with E-state index in [1.54, 1.807) is 12.1 Å². The highest BCUT2D eigenvalue weighted by Crippen LogP contribution is 2.28. The van der Waals surface area contributed by atoms with Crippen molar-refractivity contribution in [2.75, 3.05) is 5.32 Å². The van der Waals surface area contributed by atoms with Gasteiger partial charge in [0.05, 0.1) is 16.1 Å². The lowest BCUT2D eigenvalue weighted by molar-refractivity contribution is 0.159. The van der Waals surface area contributed by atoms with Crippen molar-refractivity contribution in [3.05, 3.63) is 63.1 Å². The summed E-state index contributed by atoms with van der Waals surface area (Å²) in [7, 11) is 0. The third-order valence-corrected chi connectivity index (χ3v) is 4.88. The minimum atomic E-state index is -0.347. The predicted octanol–water partition coefficient (Wildman–Crippen LogP) is 4.16. The number of benzene rings is 2. The van der Waals surface area contributed by atoms with Crippen LogP contribution in [-0.2, 0) is 19.4 Å². The maximum atomic E-state index is 12.2. The van der Waals surface area contributed by atoms with Gasteiger partial charge in [0.15, 0.2) is 0 Å². The van der Waals surface area contributed by atoms with E-state index in [4.69, 9.17) is 23.2 Å². The quantitative estimate of drug-likeness (QED) is 0.765. The molecule has 0 aliphatic heterocycles. The van der Waals surface area contributed by atoms with Crippen LogP contribution in [0.1, 0.15) is 23.1 Å². The number of halogens is 2. The molecule has 24 heavy (non-hydrogen) atoms. The lowest BCUT2D eigenvalue weighted by Crippen LogP contribution is -2.29. The van der Waals surface area contributed by atoms with Gasteiger partial charge in [0.2, 0.25) is 0 Å². The minimum absolute atomic E-state index is 0.297. The van der Waals surface area contributed by atoms with E-state index in [2.05, 4.69) is 10.6 Å². The first kappa shape index (κ1) is 17.1. The van der Waals surface area contributed by atoms with Crippen molar-refractivity contribution in [2.45, 2.75) is 31.9 Å². The van der Waals surface area contributed by atoms with E-state index in [9.17, 15) is 9.90 Å². The Morgan fingerprint density at radius 3 is 2.83 bits per heavy atom. The van der Waals surface area contributed by atoms with Gasteiger partial charge < -0.3 is 15.7 Å². The monoisotopic (exact) mass is 364 g/mol. The molecule has 1 atom stereocenters. The highest BCUT2D eigenvalue weighted by molar-refractivity contribution is 6.42. The molecule has 0 bridgehead atoms. The Labute approximate surface area is 150 Å². The summed E-state index contributed by atoms with van der Waals surface area (Å²) < 4.78 is 0. The maximum Gasteiger partial charge on any atom is 0.319 e. The minimum Gasteiger partial charge on any atom is -0.393 e. The van der Waals surface area contributed by atoms with Crippen molar-refractivity contribution < 1.29 is 9.90 Å². The molecule has 2 amide bonds. The van der Waals surface area contributed by atoms with Crippen LogP contribution in [0.15, 0.2) is 36.4 Å². The number of fused-ring (bicyclic) bond motifs is 1. The lowest BCUT2D eigenvalue weighted by Gasteiger charge is -2.23. The Morgan fingerprint density at radius 2 is 2.04 bits per heavy atom. The third kappa shape index (κ3) is 4.01. The normalized spacial score (nSPS) is 16.4. The first-order valence-corrected chi connectivity index (χ1v) is 8.56. The fourth-order valence-electron chi connectivity index (χ4n) is 2.89. The fourth-order valence-corrected chi connectivity index (χ4v) is 3.21. The zero-order valence-corrected chi connectivity index (χ0v) is 14.5. The summed E-state index contributed by atoms with van der Waals surface area (Å²) >= 11 is 11.8. The molecule has 0 heterocycles. The average molecular weight is 365 g/mol. The number of carbonyl (C=O) groups is 1. The van der Waals surface area contributed by atoms with Gasteiger partial charge in [0.25, 0.3) is 0 Å². The Kier molecular flexibility index (Phi) is 5.29. The molecule has 3 N–H and O–H groups in total. The van der Waals surface area contributed by atoms with Crippen molar-refractivity contribution in [3.8, 4) is 0 Å². The van der Waals surface area contributed by atoms with Gasteiger partial charge in [0.1, 0.15) is 0 Å². The van der Waals surface area contributed by atoms with Crippen LogP contribution in [0.3, 0.4) is 0 Å². The number of carbonyl (C=O) groups excluding carboxylic acids is 1. The zero-order valence-electron chi connectivity index (χ0n) is 13.0. The van der Waals surface area contributed by atoms with Crippen molar-refractivity contribution in [1.29, 1.82) is 0 Å². The molecule has 0 saturated heterocycles. The second kappa shape index (κ2) is 7.43. The van der Waals surface area contributed by atoms with Crippen LogP contribution < -0.4 is 10.6 Å². The van der Waals surface area contributed by atoms with Gasteiger partial charge in [-0.1, -0.05) is 41.4 Å². The number of amides is 2. The molecule has 3 rings (SSSR count). The second-order valence-electron chi connectivity index (χ2n) is 5.90. The van der Waals surface area contributed by atoms with Crippen molar-refractivity contribution >= 4 is 34.9 Å². The first-order valence-electron chi connectivity index (χ1n) is 7.80. The van der Waals surface area contributed by atoms with Crippen LogP contribution in [0, 0.1) is 0 Å². The zero-order chi connectivity index (χ0) is 17.1. The van der Waals surface area contributed by atoms with Crippen LogP contribution in [0.4, 0.5) is 10.5 Å². The van der Waals surface area contributed by atoms with E-state index in [0.29, 0.717) is 23.0 Å². The van der Waals surface area contributed by atoms with Gasteiger partial charge in [-0.2, -0.15) is 0 Å². The molecule has 0 aromatic heterocycles. The highest BCUT2D eigenvalue weighted by atomic mass is 35.5. The van der Waals surface area contributed by atoms with E-state index in [-0.39, 0.29) is 12.1 Å². The average Bonchev–Trinajstić information content (AvgIpc) is 2.56. The molecule has 0 saturated carbocycles. The number of aliphatic hydroxyl groups is 1. The summed E-state index contributed by atoms with van der Waals surface area (Å²) in [5, 5.41) is 16.5. The van der Waals surface area contributed by atoms with Crippen LogP contribution in [0.2, 0.25) is 10.0 Å². The molecule has 2 aromatic rings. The van der Waals surface area contributed by atoms with Gasteiger partial charge in [-0.05, 0) is 47.7 Å². The Bertz CT molecular complexity index is 765. The number of aliphatic hydroxyl groups excluding tert-OH is 1. The van der Waals surface area contributed by atoms with Gasteiger partial charge in [-0.15, -0.1) is 0 Å². The molecule has 4 nitrogen and oxygen atoms in total. The van der Waals surface area contributed by atoms with Gasteiger partial charge in [-0.3, -0.25) is 0 Å². The van der Waals surface area contributed by atoms with Crippen LogP contribution >= 0.6 is 23.2 Å². The van der Waals surface area contributed by atoms with Crippen LogP contribution in [0.5, 0.6) is 0 Å². The first-order chi connectivity index (χ1) is 11.5. The number of rotatable bonds is 3. The fraction of sp³-hybridized carbons (Fsp3) is 0.278. The topological polar surface area (TPSA) is 61.4 Å². The third-order valence-electron chi connectivity index (χ3n) is 4.14. The molecule has 6 heteroatoms. The summed E-state index contributed by atoms with van der Waals surface area (Å²) in [5.74, 6) is 0. The van der Waals surface area contributed by atoms with Crippen LogP contribution in [-0.4, -0.2) is 17.2 Å². The van der Waals surface area contributed by atoms with Gasteiger partial charge >= 0.3 is 6.03 Å². The highest BCUT2D eigenvalue weighted by Gasteiger charge is 2.19. The standard InChI is InChI=1S/C18H18Cl2N2O2/c19-15-7-4-11(8-16(15)20)10-21-18(24)22-17-3-1-2-12-5-6-13(23)9-14(12)17/h1-4,7-8,13,23H,5-6,9-10H2,(H2,21,22,24). The van der Waals surface area contributed by atoms with E-state index >= 15 is 0 Å². The molecule has 1 unspecified atom stereocenters. The molecule has 0 spiro atoms. The molecular formula is C18H18Cl2N2O2. The Hall–Kier alpha value is -1.75. The summed E-state index contributed by atoms with van der Waals surface area (Å²) in [5.41, 5.74) is 3.81. The SMILES string of the molecule is O=C(NCc1ccc(Cl)c(Cl)c1)Nc1cccc2c1CC(O)CC2. The molecular weight excluding hydrogens is 347 g/mol. The summed E-state index contributed by atoms with van der Waals surface area (Å²) in [6.07, 6.45) is 1.81. The van der Waals surface area contributed by atoms with E-state index in [0.717, 1.165) is 29.7 Å². The van der Waals surface area contributed by atoms with E-state index < -0.39 is 0 Å². The number of urea groups is 1. The largest absolute Gasteiger partial charge is 0.393 e. The molecule has 126 valence electrons. The number of nitrogens with one attached hydrogen (secondary N) is 2. The van der Waals surface area contributed by atoms with Gasteiger partial charge in [-0.25, -0.2) is 4.79 Å². The molecule has 1 aliphatic rings. The molecule has 1 aliphatic carbocycles. The van der Waals surface area contributed by atoms with E-state index in [1.807, 2.05) is 24.3 Å². The summed E-state index contributed by atoms with van der Waals surface area (Å²) in [4.78, 5) is 12.2. The Balaban J connectivity index is 1.64. The number of anilines is 1. The number of hydrogen-bond acceptors (Lipinski definition) is 2. The van der Waals surface area contributed by atoms with Crippen molar-refractivity contribution in [1.82, 2.24) is 5.32 Å². The molecule has 2 aromatic carbocycles. The number of hydrogen-bond donors (Lipinski definition) is 3. The van der Waals surface area contributed by atoms with Gasteiger partial charge in [0, 0.05) is 18.7 Å². The molecule has 0 radical (unpaired) electrons.